The highest BCUT2D eigenvalue weighted by Crippen LogP contribution is 2.12. The van der Waals surface area contributed by atoms with E-state index in [-0.39, 0.29) is 18.0 Å². The highest BCUT2D eigenvalue weighted by Gasteiger charge is 2.26. The molecule has 1 saturated heterocycles. The van der Waals surface area contributed by atoms with Crippen LogP contribution in [-0.2, 0) is 0 Å². The maximum absolute atomic E-state index is 12.2. The fraction of sp³-hybridized carbons (Fsp3) is 0.500. The molecule has 6 heteroatoms. The fourth-order valence-electron chi connectivity index (χ4n) is 2.86. The lowest BCUT2D eigenvalue weighted by Crippen LogP contribution is -2.54. The zero-order valence-corrected chi connectivity index (χ0v) is 12.5. The molecule has 0 radical (unpaired) electrons. The van der Waals surface area contributed by atoms with E-state index < -0.39 is 0 Å². The summed E-state index contributed by atoms with van der Waals surface area (Å²) in [6.45, 7) is 2.19. The zero-order chi connectivity index (χ0) is 15.4. The number of piperazine rings is 1. The molecule has 1 aliphatic carbocycles. The lowest BCUT2D eigenvalue weighted by molar-refractivity contribution is 0.0632. The number of nitrogens with zero attached hydrogens (tertiary/aromatic N) is 2. The first-order chi connectivity index (χ1) is 10.7. The third-order valence-corrected chi connectivity index (χ3v) is 4.18. The van der Waals surface area contributed by atoms with Crippen molar-refractivity contribution in [2.45, 2.75) is 25.3 Å². The van der Waals surface area contributed by atoms with E-state index in [9.17, 15) is 9.59 Å². The average Bonchev–Trinajstić information content (AvgIpc) is 3.10. The minimum absolute atomic E-state index is 0.0228. The van der Waals surface area contributed by atoms with Crippen molar-refractivity contribution in [2.24, 2.45) is 0 Å². The van der Waals surface area contributed by atoms with Crippen LogP contribution in [0.25, 0.3) is 0 Å². The standard InChI is InChI=1S/C16H21N3O3/c20-15(14-7-4-12-22-14)18-8-10-19(11-9-18)16(21)17-13-5-2-1-3-6-13/h1-2,4,7,12-13H,3,5-6,8-11H2,(H,17,21)/t13-/m1/s1. The Balaban J connectivity index is 1.48. The molecule has 3 rings (SSSR count). The highest BCUT2D eigenvalue weighted by atomic mass is 16.3. The highest BCUT2D eigenvalue weighted by molar-refractivity contribution is 5.91. The Morgan fingerprint density at radius 3 is 2.55 bits per heavy atom. The maximum Gasteiger partial charge on any atom is 0.317 e. The number of rotatable bonds is 2. The summed E-state index contributed by atoms with van der Waals surface area (Å²) in [7, 11) is 0. The second-order valence-corrected chi connectivity index (χ2v) is 5.69. The van der Waals surface area contributed by atoms with Gasteiger partial charge in [0.2, 0.25) is 0 Å². The summed E-state index contributed by atoms with van der Waals surface area (Å²) < 4.78 is 5.13. The van der Waals surface area contributed by atoms with Gasteiger partial charge in [0, 0.05) is 32.2 Å². The number of urea groups is 1. The quantitative estimate of drug-likeness (QED) is 0.848. The molecular formula is C16H21N3O3. The van der Waals surface area contributed by atoms with Gasteiger partial charge in [-0.1, -0.05) is 12.2 Å². The number of amides is 3. The van der Waals surface area contributed by atoms with Crippen LogP contribution in [0.5, 0.6) is 0 Å². The van der Waals surface area contributed by atoms with Crippen LogP contribution >= 0.6 is 0 Å². The van der Waals surface area contributed by atoms with Crippen molar-refractivity contribution in [1.82, 2.24) is 15.1 Å². The summed E-state index contributed by atoms with van der Waals surface area (Å²) in [5.74, 6) is 0.245. The lowest BCUT2D eigenvalue weighted by Gasteiger charge is -2.35. The van der Waals surface area contributed by atoms with Gasteiger partial charge in [0.05, 0.1) is 6.26 Å². The van der Waals surface area contributed by atoms with Gasteiger partial charge in [-0.25, -0.2) is 4.79 Å². The second kappa shape index (κ2) is 6.68. The Labute approximate surface area is 129 Å². The molecule has 1 fully saturated rings. The topological polar surface area (TPSA) is 65.8 Å². The van der Waals surface area contributed by atoms with Crippen molar-refractivity contribution in [3.8, 4) is 0 Å². The molecule has 2 heterocycles. The average molecular weight is 303 g/mol. The number of allylic oxidation sites excluding steroid dienone is 1. The van der Waals surface area contributed by atoms with Gasteiger partial charge in [0.1, 0.15) is 0 Å². The number of carbonyl (C=O) groups is 2. The molecule has 1 aliphatic heterocycles. The first-order valence-corrected chi connectivity index (χ1v) is 7.77. The van der Waals surface area contributed by atoms with Crippen molar-refractivity contribution >= 4 is 11.9 Å². The van der Waals surface area contributed by atoms with Crippen molar-refractivity contribution in [3.05, 3.63) is 36.3 Å². The molecule has 6 nitrogen and oxygen atoms in total. The number of carbonyl (C=O) groups excluding carboxylic acids is 2. The van der Waals surface area contributed by atoms with Gasteiger partial charge in [0.25, 0.3) is 5.91 Å². The van der Waals surface area contributed by atoms with E-state index in [1.54, 1.807) is 21.9 Å². The van der Waals surface area contributed by atoms with Crippen LogP contribution in [0, 0.1) is 0 Å². The van der Waals surface area contributed by atoms with Crippen LogP contribution in [0.4, 0.5) is 4.79 Å². The fourth-order valence-corrected chi connectivity index (χ4v) is 2.86. The predicted octanol–water partition coefficient (Wildman–Crippen LogP) is 1.86. The third-order valence-electron chi connectivity index (χ3n) is 4.18. The van der Waals surface area contributed by atoms with E-state index >= 15 is 0 Å². The summed E-state index contributed by atoms with van der Waals surface area (Å²) in [5, 5.41) is 3.07. The van der Waals surface area contributed by atoms with Gasteiger partial charge in [0.15, 0.2) is 5.76 Å². The number of hydrogen-bond acceptors (Lipinski definition) is 3. The van der Waals surface area contributed by atoms with Crippen LogP contribution in [0.1, 0.15) is 29.8 Å². The normalized spacial score (nSPS) is 21.7. The van der Waals surface area contributed by atoms with Crippen molar-refractivity contribution in [2.75, 3.05) is 26.2 Å². The van der Waals surface area contributed by atoms with Crippen LogP contribution in [0.15, 0.2) is 35.0 Å². The van der Waals surface area contributed by atoms with Crippen molar-refractivity contribution in [3.63, 3.8) is 0 Å². The molecule has 118 valence electrons. The molecule has 1 N–H and O–H groups in total. The molecule has 1 aromatic rings. The van der Waals surface area contributed by atoms with Gasteiger partial charge in [-0.2, -0.15) is 0 Å². The largest absolute Gasteiger partial charge is 0.459 e. The molecule has 22 heavy (non-hydrogen) atoms. The second-order valence-electron chi connectivity index (χ2n) is 5.69. The van der Waals surface area contributed by atoms with E-state index in [1.165, 1.54) is 6.26 Å². The first-order valence-electron chi connectivity index (χ1n) is 7.77. The van der Waals surface area contributed by atoms with Gasteiger partial charge < -0.3 is 19.5 Å². The minimum atomic E-state index is -0.109. The molecule has 3 amide bonds. The molecule has 0 aromatic carbocycles. The van der Waals surface area contributed by atoms with Crippen molar-refractivity contribution < 1.29 is 14.0 Å². The Hall–Kier alpha value is -2.24. The van der Waals surface area contributed by atoms with Crippen LogP contribution in [0.2, 0.25) is 0 Å². The van der Waals surface area contributed by atoms with Crippen molar-refractivity contribution in [1.29, 1.82) is 0 Å². The molecule has 0 unspecified atom stereocenters. The summed E-state index contributed by atoms with van der Waals surface area (Å²) in [6.07, 6.45) is 8.70. The maximum atomic E-state index is 12.2. The SMILES string of the molecule is O=C(N[C@@H]1CC=CCC1)N1CCN(C(=O)c2ccco2)CC1. The molecular weight excluding hydrogens is 282 g/mol. The third kappa shape index (κ3) is 3.32. The van der Waals surface area contributed by atoms with E-state index in [4.69, 9.17) is 4.42 Å². The monoisotopic (exact) mass is 303 g/mol. The molecule has 0 bridgehead atoms. The van der Waals surface area contributed by atoms with E-state index in [0.717, 1.165) is 19.3 Å². The summed E-state index contributed by atoms with van der Waals surface area (Å²) in [5.41, 5.74) is 0. The summed E-state index contributed by atoms with van der Waals surface area (Å²) >= 11 is 0. The first kappa shape index (κ1) is 14.7. The Kier molecular flexibility index (Phi) is 4.46. The molecule has 1 atom stereocenters. The Bertz CT molecular complexity index is 545. The Morgan fingerprint density at radius 2 is 1.91 bits per heavy atom. The summed E-state index contributed by atoms with van der Waals surface area (Å²) in [6, 6.07) is 3.58. The molecule has 0 spiro atoms. The van der Waals surface area contributed by atoms with Gasteiger partial charge in [-0.3, -0.25) is 4.79 Å². The smallest absolute Gasteiger partial charge is 0.317 e. The van der Waals surface area contributed by atoms with Gasteiger partial charge in [-0.15, -0.1) is 0 Å². The van der Waals surface area contributed by atoms with Crippen LogP contribution in [0.3, 0.4) is 0 Å². The predicted molar refractivity (Wildman–Crippen MR) is 81.5 cm³/mol. The minimum Gasteiger partial charge on any atom is -0.459 e. The number of furan rings is 1. The number of nitrogens with one attached hydrogen (secondary N) is 1. The summed E-state index contributed by atoms with van der Waals surface area (Å²) in [4.78, 5) is 27.9. The van der Waals surface area contributed by atoms with Gasteiger partial charge in [-0.05, 0) is 31.4 Å². The van der Waals surface area contributed by atoms with Gasteiger partial charge >= 0.3 is 6.03 Å². The Morgan fingerprint density at radius 1 is 1.14 bits per heavy atom. The van der Waals surface area contributed by atoms with E-state index in [1.807, 2.05) is 0 Å². The van der Waals surface area contributed by atoms with Crippen LogP contribution in [-0.4, -0.2) is 54.0 Å². The number of hydrogen-bond donors (Lipinski definition) is 1. The van der Waals surface area contributed by atoms with E-state index in [0.29, 0.717) is 31.9 Å². The van der Waals surface area contributed by atoms with E-state index in [2.05, 4.69) is 17.5 Å². The molecule has 0 saturated carbocycles. The molecule has 2 aliphatic rings. The molecule has 1 aromatic heterocycles. The van der Waals surface area contributed by atoms with Crippen LogP contribution < -0.4 is 5.32 Å². The zero-order valence-electron chi connectivity index (χ0n) is 12.5. The lowest BCUT2D eigenvalue weighted by atomic mass is 10.0.